The number of ether oxygens (including phenoxy) is 2. The Labute approximate surface area is 199 Å². The van der Waals surface area contributed by atoms with Crippen LogP contribution < -0.4 is 26.0 Å². The Kier molecular flexibility index (Phi) is 5.70. The van der Waals surface area contributed by atoms with Gasteiger partial charge in [-0.05, 0) is 41.0 Å². The highest BCUT2D eigenvalue weighted by Gasteiger charge is 2.19. The third kappa shape index (κ3) is 3.99. The molecule has 174 valence electrons. The molecule has 1 aliphatic heterocycles. The summed E-state index contributed by atoms with van der Waals surface area (Å²) in [5, 5.41) is 3.21. The van der Waals surface area contributed by atoms with Gasteiger partial charge in [-0.3, -0.25) is 18.7 Å². The Morgan fingerprint density at radius 3 is 2.82 bits per heavy atom. The van der Waals surface area contributed by atoms with Gasteiger partial charge >= 0.3 is 5.69 Å². The normalized spacial score (nSPS) is 12.4. The summed E-state index contributed by atoms with van der Waals surface area (Å²) >= 11 is 1.13. The predicted molar refractivity (Wildman–Crippen MR) is 130 cm³/mol. The molecule has 0 aliphatic carbocycles. The Morgan fingerprint density at radius 1 is 1.15 bits per heavy atom. The Hall–Kier alpha value is -3.85. The van der Waals surface area contributed by atoms with Crippen LogP contribution in [0.3, 0.4) is 0 Å². The SMILES string of the molecule is COc1cccc(CNC(=O)c2cc3c(=O)n(Cc4ccc5c(c4)OCC5)c(=O)n(C)c3s2)c1. The molecule has 2 aromatic heterocycles. The van der Waals surface area contributed by atoms with Crippen LogP contribution in [0.1, 0.15) is 26.4 Å². The number of carbonyl (C=O) groups is 1. The van der Waals surface area contributed by atoms with E-state index in [9.17, 15) is 14.4 Å². The first-order chi connectivity index (χ1) is 16.4. The molecule has 4 aromatic rings. The average molecular weight is 478 g/mol. The maximum absolute atomic E-state index is 13.2. The number of nitrogens with zero attached hydrogens (tertiary/aromatic N) is 2. The smallest absolute Gasteiger partial charge is 0.332 e. The number of rotatable bonds is 6. The maximum Gasteiger partial charge on any atom is 0.332 e. The molecule has 0 saturated heterocycles. The average Bonchev–Trinajstić information content (AvgIpc) is 3.51. The first-order valence-electron chi connectivity index (χ1n) is 10.8. The summed E-state index contributed by atoms with van der Waals surface area (Å²) < 4.78 is 13.4. The topological polar surface area (TPSA) is 91.6 Å². The van der Waals surface area contributed by atoms with Crippen LogP contribution in [0.15, 0.2) is 58.1 Å². The minimum absolute atomic E-state index is 0.130. The molecule has 8 nitrogen and oxygen atoms in total. The van der Waals surface area contributed by atoms with E-state index in [2.05, 4.69) is 5.32 Å². The highest BCUT2D eigenvalue weighted by molar-refractivity contribution is 7.20. The van der Waals surface area contributed by atoms with Crippen molar-refractivity contribution in [1.29, 1.82) is 0 Å². The van der Waals surface area contributed by atoms with Crippen LogP contribution in [-0.2, 0) is 26.6 Å². The van der Waals surface area contributed by atoms with Crippen LogP contribution in [0, 0.1) is 0 Å². The zero-order valence-electron chi connectivity index (χ0n) is 18.8. The molecule has 1 N–H and O–H groups in total. The van der Waals surface area contributed by atoms with Gasteiger partial charge in [-0.15, -0.1) is 11.3 Å². The second kappa shape index (κ2) is 8.83. The van der Waals surface area contributed by atoms with Crippen LogP contribution in [-0.4, -0.2) is 28.8 Å². The molecule has 0 bridgehead atoms. The molecular formula is C25H23N3O5S. The Bertz CT molecular complexity index is 1530. The van der Waals surface area contributed by atoms with Crippen LogP contribution in [0.2, 0.25) is 0 Å². The third-order valence-electron chi connectivity index (χ3n) is 5.92. The molecule has 0 spiro atoms. The second-order valence-electron chi connectivity index (χ2n) is 8.14. The van der Waals surface area contributed by atoms with Gasteiger partial charge in [0.25, 0.3) is 11.5 Å². The van der Waals surface area contributed by atoms with Crippen molar-refractivity contribution in [2.75, 3.05) is 13.7 Å². The first kappa shape index (κ1) is 22.0. The van der Waals surface area contributed by atoms with Crippen molar-refractivity contribution >= 4 is 27.5 Å². The molecule has 9 heteroatoms. The zero-order valence-corrected chi connectivity index (χ0v) is 19.6. The fraction of sp³-hybridized carbons (Fsp3) is 0.240. The molecule has 1 amide bonds. The van der Waals surface area contributed by atoms with Crippen LogP contribution in [0.25, 0.3) is 10.2 Å². The zero-order chi connectivity index (χ0) is 23.8. The van der Waals surface area contributed by atoms with E-state index in [0.29, 0.717) is 34.0 Å². The van der Waals surface area contributed by atoms with Crippen molar-refractivity contribution < 1.29 is 14.3 Å². The summed E-state index contributed by atoms with van der Waals surface area (Å²) in [4.78, 5) is 39.8. The van der Waals surface area contributed by atoms with Crippen molar-refractivity contribution in [3.63, 3.8) is 0 Å². The summed E-state index contributed by atoms with van der Waals surface area (Å²) in [7, 11) is 3.20. The summed E-state index contributed by atoms with van der Waals surface area (Å²) in [6, 6.07) is 14.7. The van der Waals surface area contributed by atoms with Crippen LogP contribution in [0.5, 0.6) is 11.5 Å². The van der Waals surface area contributed by atoms with Crippen molar-refractivity contribution in [3.05, 3.63) is 90.9 Å². The van der Waals surface area contributed by atoms with E-state index in [4.69, 9.17) is 9.47 Å². The van der Waals surface area contributed by atoms with Gasteiger partial charge < -0.3 is 14.8 Å². The van der Waals surface area contributed by atoms with Gasteiger partial charge in [0.15, 0.2) is 0 Å². The monoisotopic (exact) mass is 477 g/mol. The maximum atomic E-state index is 13.2. The number of nitrogens with one attached hydrogen (secondary N) is 1. The molecule has 0 atom stereocenters. The number of carbonyl (C=O) groups excluding carboxylic acids is 1. The van der Waals surface area contributed by atoms with Crippen molar-refractivity contribution in [2.24, 2.45) is 7.05 Å². The summed E-state index contributed by atoms with van der Waals surface area (Å²) in [5.74, 6) is 1.20. The van der Waals surface area contributed by atoms with E-state index in [-0.39, 0.29) is 12.5 Å². The van der Waals surface area contributed by atoms with E-state index < -0.39 is 11.2 Å². The molecule has 1 aliphatic rings. The van der Waals surface area contributed by atoms with Gasteiger partial charge in [-0.1, -0.05) is 24.3 Å². The largest absolute Gasteiger partial charge is 0.497 e. The number of aromatic nitrogens is 2. The van der Waals surface area contributed by atoms with Gasteiger partial charge in [0.2, 0.25) is 0 Å². The number of methoxy groups -OCH3 is 1. The molecule has 2 aromatic carbocycles. The van der Waals surface area contributed by atoms with E-state index in [1.807, 2.05) is 42.5 Å². The van der Waals surface area contributed by atoms with E-state index >= 15 is 0 Å². The summed E-state index contributed by atoms with van der Waals surface area (Å²) in [6.07, 6.45) is 0.862. The lowest BCUT2D eigenvalue weighted by Gasteiger charge is -2.09. The molecule has 0 unspecified atom stereocenters. The summed E-state index contributed by atoms with van der Waals surface area (Å²) in [5.41, 5.74) is 1.99. The van der Waals surface area contributed by atoms with Gasteiger partial charge in [0.05, 0.1) is 30.5 Å². The van der Waals surface area contributed by atoms with Gasteiger partial charge in [0, 0.05) is 20.0 Å². The Morgan fingerprint density at radius 2 is 2.00 bits per heavy atom. The minimum Gasteiger partial charge on any atom is -0.497 e. The highest BCUT2D eigenvalue weighted by Crippen LogP contribution is 2.26. The fourth-order valence-corrected chi connectivity index (χ4v) is 5.10. The van der Waals surface area contributed by atoms with Crippen molar-refractivity contribution in [3.8, 4) is 11.5 Å². The standard InChI is InChI=1S/C25H23N3O5S/c1-27-24-19(12-21(34-24)22(29)26-13-15-4-3-5-18(10-15)32-2)23(30)28(25(27)31)14-16-6-7-17-8-9-33-20(17)11-16/h3-7,10-12H,8-9,13-14H2,1-2H3,(H,26,29). The molecule has 34 heavy (non-hydrogen) atoms. The Balaban J connectivity index is 1.43. The lowest BCUT2D eigenvalue weighted by atomic mass is 10.1. The number of fused-ring (bicyclic) bond motifs is 2. The fourth-order valence-electron chi connectivity index (χ4n) is 4.08. The number of hydrogen-bond acceptors (Lipinski definition) is 6. The number of hydrogen-bond donors (Lipinski definition) is 1. The minimum atomic E-state index is -0.427. The lowest BCUT2D eigenvalue weighted by Crippen LogP contribution is -2.38. The molecular weight excluding hydrogens is 454 g/mol. The van der Waals surface area contributed by atoms with Crippen molar-refractivity contribution in [1.82, 2.24) is 14.5 Å². The number of thiophene rings is 1. The number of aryl methyl sites for hydroxylation is 1. The molecule has 0 saturated carbocycles. The van der Waals surface area contributed by atoms with E-state index in [1.54, 1.807) is 20.2 Å². The molecule has 0 radical (unpaired) electrons. The van der Waals surface area contributed by atoms with Gasteiger partial charge in [-0.25, -0.2) is 4.79 Å². The summed E-state index contributed by atoms with van der Waals surface area (Å²) in [6.45, 7) is 1.09. The van der Waals surface area contributed by atoms with Crippen molar-refractivity contribution in [2.45, 2.75) is 19.5 Å². The highest BCUT2D eigenvalue weighted by atomic mass is 32.1. The quantitative estimate of drug-likeness (QED) is 0.461. The van der Waals surface area contributed by atoms with Crippen LogP contribution in [0.4, 0.5) is 0 Å². The predicted octanol–water partition coefficient (Wildman–Crippen LogP) is 2.68. The first-order valence-corrected chi connectivity index (χ1v) is 11.7. The third-order valence-corrected chi connectivity index (χ3v) is 7.13. The van der Waals surface area contributed by atoms with E-state index in [1.165, 1.54) is 9.13 Å². The number of benzene rings is 2. The van der Waals surface area contributed by atoms with E-state index in [0.717, 1.165) is 40.2 Å². The second-order valence-corrected chi connectivity index (χ2v) is 9.17. The van der Waals surface area contributed by atoms with Gasteiger partial charge in [-0.2, -0.15) is 0 Å². The molecule has 0 fully saturated rings. The van der Waals surface area contributed by atoms with Crippen LogP contribution >= 0.6 is 11.3 Å². The number of amides is 1. The van der Waals surface area contributed by atoms with Gasteiger partial charge in [0.1, 0.15) is 16.3 Å². The molecule has 5 rings (SSSR count). The lowest BCUT2D eigenvalue weighted by molar-refractivity contribution is 0.0955. The molecule has 3 heterocycles.